The summed E-state index contributed by atoms with van der Waals surface area (Å²) in [5.41, 5.74) is 0.265. The minimum Gasteiger partial charge on any atom is -0.746 e. The molecule has 1 atom stereocenters. The molecule has 0 saturated heterocycles. The average Bonchev–Trinajstić information content (AvgIpc) is 3.03. The molecule has 1 unspecified atom stereocenters. The van der Waals surface area contributed by atoms with Crippen molar-refractivity contribution in [3.8, 4) is 0 Å². The maximum atomic E-state index is 11.6. The van der Waals surface area contributed by atoms with Gasteiger partial charge in [-0.25, -0.2) is 18.4 Å². The summed E-state index contributed by atoms with van der Waals surface area (Å²) in [6, 6.07) is 0. The van der Waals surface area contributed by atoms with Gasteiger partial charge >= 0.3 is 29.6 Å². The Morgan fingerprint density at radius 3 is 1.97 bits per heavy atom. The van der Waals surface area contributed by atoms with Gasteiger partial charge in [-0.1, -0.05) is 64.7 Å². The van der Waals surface area contributed by atoms with E-state index in [0.717, 1.165) is 25.3 Å². The van der Waals surface area contributed by atoms with Gasteiger partial charge in [0.25, 0.3) is 10.1 Å². The van der Waals surface area contributed by atoms with Crippen molar-refractivity contribution in [2.75, 3.05) is 0 Å². The summed E-state index contributed by atoms with van der Waals surface area (Å²) in [4.78, 5) is 8.41. The van der Waals surface area contributed by atoms with Crippen molar-refractivity contribution in [3.05, 3.63) is 23.9 Å². The summed E-state index contributed by atoms with van der Waals surface area (Å²) < 4.78 is 64.0. The molecular weight excluding hydrogens is 439 g/mol. The molecule has 30 heavy (non-hydrogen) atoms. The number of hydrogen-bond acceptors (Lipinski definition) is 7. The third-order valence-electron chi connectivity index (χ3n) is 5.12. The van der Waals surface area contributed by atoms with Gasteiger partial charge in [-0.05, 0) is 24.6 Å². The number of rotatable bonds is 13. The van der Waals surface area contributed by atoms with Crippen LogP contribution in [0.4, 0.5) is 0 Å². The first-order chi connectivity index (χ1) is 13.6. The number of nitrogens with zero attached hydrogens (tertiary/aromatic N) is 2. The van der Waals surface area contributed by atoms with Crippen molar-refractivity contribution in [2.45, 2.75) is 81.6 Å². The molecule has 0 aromatic rings. The number of hydrogen-bond donors (Lipinski definition) is 1. The van der Waals surface area contributed by atoms with Crippen LogP contribution in [0.15, 0.2) is 33.9 Å². The van der Waals surface area contributed by atoms with Crippen LogP contribution in [0.5, 0.6) is 0 Å². The normalized spacial score (nSPS) is 20.8. The van der Waals surface area contributed by atoms with E-state index < -0.39 is 24.3 Å². The van der Waals surface area contributed by atoms with Crippen LogP contribution in [-0.2, 0) is 20.2 Å². The summed E-state index contributed by atoms with van der Waals surface area (Å²) in [6.07, 6.45) is 14.9. The number of aliphatic imine (C=N–C) groups is 2. The van der Waals surface area contributed by atoms with Crippen LogP contribution < -0.4 is 29.6 Å². The first kappa shape index (κ1) is 27.7. The van der Waals surface area contributed by atoms with E-state index in [4.69, 9.17) is 0 Å². The summed E-state index contributed by atoms with van der Waals surface area (Å²) in [6.45, 7) is 2.21. The number of fused-ring (bicyclic) bond motifs is 1. The van der Waals surface area contributed by atoms with Gasteiger partial charge in [0, 0.05) is 6.42 Å². The molecule has 0 saturated carbocycles. The van der Waals surface area contributed by atoms with Crippen molar-refractivity contribution in [2.24, 2.45) is 9.98 Å². The van der Waals surface area contributed by atoms with Gasteiger partial charge in [0.2, 0.25) is 4.08 Å². The quantitative estimate of drug-likeness (QED) is 0.240. The van der Waals surface area contributed by atoms with Crippen molar-refractivity contribution in [3.63, 3.8) is 0 Å². The van der Waals surface area contributed by atoms with E-state index in [2.05, 4.69) is 16.9 Å². The minimum atomic E-state index is -5.41. The molecule has 0 spiro atoms. The first-order valence-corrected chi connectivity index (χ1v) is 13.0. The van der Waals surface area contributed by atoms with Crippen LogP contribution in [-0.4, -0.2) is 41.6 Å². The monoisotopic (exact) mass is 468 g/mol. The fourth-order valence-electron chi connectivity index (χ4n) is 3.41. The maximum absolute atomic E-state index is 11.6. The largest absolute Gasteiger partial charge is 1.00 e. The standard InChI is InChI=1S/C19H30N2O6S2.Na/c1-2-3-4-5-6-7-8-9-10-11-12-18-20-16-13-14-19(28(22,23)24,29(25,26)27)15-17(16)21-18;/h13-15H,2-12H2,1H3,(H,22,23,24)(H,25,26,27);/q;+1/p-1. The molecule has 0 fully saturated rings. The number of unbranched alkanes of at least 4 members (excludes halogenated alkanes) is 9. The zero-order valence-electron chi connectivity index (χ0n) is 17.7. The van der Waals surface area contributed by atoms with Gasteiger partial charge in [-0.2, -0.15) is 8.42 Å². The Morgan fingerprint density at radius 1 is 0.933 bits per heavy atom. The van der Waals surface area contributed by atoms with Gasteiger partial charge < -0.3 is 4.55 Å². The predicted molar refractivity (Wildman–Crippen MR) is 113 cm³/mol. The summed E-state index contributed by atoms with van der Waals surface area (Å²) >= 11 is 0. The van der Waals surface area contributed by atoms with Crippen LogP contribution in [0.1, 0.15) is 77.6 Å². The van der Waals surface area contributed by atoms with E-state index in [9.17, 15) is 25.9 Å². The summed E-state index contributed by atoms with van der Waals surface area (Å²) in [7, 11) is -10.6. The molecule has 1 aliphatic carbocycles. The Kier molecular flexibility index (Phi) is 11.1. The van der Waals surface area contributed by atoms with E-state index in [0.29, 0.717) is 24.4 Å². The van der Waals surface area contributed by atoms with E-state index in [1.807, 2.05) is 0 Å². The SMILES string of the molecule is CCCCCCCCCCCCC1=NC2=CC(S(=O)(=O)[O-])(S(=O)(=O)O)C=CC2=N1.[Na+]. The molecule has 2 aliphatic rings. The molecule has 1 N–H and O–H groups in total. The molecule has 0 radical (unpaired) electrons. The summed E-state index contributed by atoms with van der Waals surface area (Å²) in [5.74, 6) is 0.463. The van der Waals surface area contributed by atoms with Gasteiger partial charge in [0.1, 0.15) is 16.0 Å². The third kappa shape index (κ3) is 7.08. The predicted octanol–water partition coefficient (Wildman–Crippen LogP) is 0.738. The smallest absolute Gasteiger partial charge is 0.746 e. The molecule has 1 aliphatic heterocycles. The van der Waals surface area contributed by atoms with Gasteiger partial charge in [0.05, 0.1) is 11.4 Å². The molecule has 1 heterocycles. The minimum absolute atomic E-state index is 0. The fraction of sp³-hybridized carbons (Fsp3) is 0.684. The molecule has 0 aromatic heterocycles. The molecule has 164 valence electrons. The Labute approximate surface area is 201 Å². The van der Waals surface area contributed by atoms with Gasteiger partial charge in [0.15, 0.2) is 0 Å². The van der Waals surface area contributed by atoms with E-state index >= 15 is 0 Å². The molecular formula is C19H29N2NaO6S2. The second kappa shape index (κ2) is 12.0. The van der Waals surface area contributed by atoms with Crippen LogP contribution >= 0.6 is 0 Å². The molecule has 0 amide bonds. The Balaban J connectivity index is 0.00000450. The summed E-state index contributed by atoms with van der Waals surface area (Å²) in [5, 5.41) is 0. The average molecular weight is 469 g/mol. The Morgan fingerprint density at radius 2 is 1.47 bits per heavy atom. The maximum Gasteiger partial charge on any atom is 1.00 e. The van der Waals surface area contributed by atoms with Crippen molar-refractivity contribution < 1.29 is 55.5 Å². The van der Waals surface area contributed by atoms with E-state index in [-0.39, 0.29) is 41.0 Å². The van der Waals surface area contributed by atoms with Crippen molar-refractivity contribution in [1.29, 1.82) is 0 Å². The second-order valence-electron chi connectivity index (χ2n) is 7.47. The van der Waals surface area contributed by atoms with Crippen LogP contribution in [0.3, 0.4) is 0 Å². The zero-order valence-corrected chi connectivity index (χ0v) is 21.3. The fourth-order valence-corrected chi connectivity index (χ4v) is 5.43. The van der Waals surface area contributed by atoms with Crippen molar-refractivity contribution >= 4 is 31.8 Å². The molecule has 0 aromatic carbocycles. The molecule has 2 rings (SSSR count). The molecule has 11 heteroatoms. The Hall–Kier alpha value is -0.360. The van der Waals surface area contributed by atoms with Crippen LogP contribution in [0.25, 0.3) is 0 Å². The van der Waals surface area contributed by atoms with Crippen LogP contribution in [0.2, 0.25) is 0 Å². The number of amidine groups is 1. The molecule has 0 bridgehead atoms. The van der Waals surface area contributed by atoms with Crippen LogP contribution in [0, 0.1) is 0 Å². The molecule has 8 nitrogen and oxygen atoms in total. The van der Waals surface area contributed by atoms with Gasteiger partial charge in [-0.15, -0.1) is 0 Å². The third-order valence-corrected chi connectivity index (χ3v) is 8.46. The van der Waals surface area contributed by atoms with E-state index in [1.165, 1.54) is 44.9 Å². The first-order valence-electron chi connectivity index (χ1n) is 10.1. The Bertz CT molecular complexity index is 889. The zero-order chi connectivity index (χ0) is 21.5. The van der Waals surface area contributed by atoms with Crippen molar-refractivity contribution in [1.82, 2.24) is 0 Å². The van der Waals surface area contributed by atoms with E-state index in [1.54, 1.807) is 0 Å². The number of allylic oxidation sites excluding steroid dienone is 1. The second-order valence-corrected chi connectivity index (χ2v) is 10.9. The van der Waals surface area contributed by atoms with Gasteiger partial charge in [-0.3, -0.25) is 4.55 Å². The topological polar surface area (TPSA) is 136 Å².